The van der Waals surface area contributed by atoms with Gasteiger partial charge in [-0.1, -0.05) is 0 Å². The van der Waals surface area contributed by atoms with E-state index in [0.29, 0.717) is 6.04 Å². The maximum absolute atomic E-state index is 5.55. The maximum Gasteiger partial charge on any atom is 0.0339 e. The van der Waals surface area contributed by atoms with Crippen LogP contribution in [0.2, 0.25) is 0 Å². The van der Waals surface area contributed by atoms with E-state index in [1.165, 1.54) is 0 Å². The zero-order chi connectivity index (χ0) is 8.15. The Kier molecular flexibility index (Phi) is 4.60. The van der Waals surface area contributed by atoms with Crippen LogP contribution in [0.1, 0.15) is 0 Å². The van der Waals surface area contributed by atoms with Crippen molar-refractivity contribution >= 4 is 0 Å². The molecule has 10 heavy (non-hydrogen) atoms. The molecule has 0 spiro atoms. The Morgan fingerprint density at radius 1 is 1.20 bits per heavy atom. The van der Waals surface area contributed by atoms with Gasteiger partial charge in [0.15, 0.2) is 0 Å². The first-order valence-corrected chi connectivity index (χ1v) is 3.59. The summed E-state index contributed by atoms with van der Waals surface area (Å²) < 4.78 is 0. The van der Waals surface area contributed by atoms with Crippen LogP contribution in [-0.2, 0) is 0 Å². The van der Waals surface area contributed by atoms with E-state index in [9.17, 15) is 0 Å². The second-order valence-electron chi connectivity index (χ2n) is 3.12. The van der Waals surface area contributed by atoms with Gasteiger partial charge >= 0.3 is 0 Å². The van der Waals surface area contributed by atoms with Crippen molar-refractivity contribution in [3.05, 3.63) is 0 Å². The predicted molar refractivity (Wildman–Crippen MR) is 45.1 cm³/mol. The lowest BCUT2D eigenvalue weighted by Gasteiger charge is -2.25. The molecule has 1 atom stereocenters. The highest BCUT2D eigenvalue weighted by molar-refractivity contribution is 4.68. The third-order valence-corrected chi connectivity index (χ3v) is 1.58. The van der Waals surface area contributed by atoms with Crippen molar-refractivity contribution in [3.8, 4) is 0 Å². The van der Waals surface area contributed by atoms with Crippen LogP contribution in [0.4, 0.5) is 0 Å². The van der Waals surface area contributed by atoms with Gasteiger partial charge in [-0.25, -0.2) is 0 Å². The Balaban J connectivity index is 3.60. The monoisotopic (exact) mass is 145 g/mol. The fraction of sp³-hybridized carbons (Fsp3) is 1.00. The number of nitrogens with zero attached hydrogens (tertiary/aromatic N) is 2. The molecular weight excluding hydrogens is 126 g/mol. The van der Waals surface area contributed by atoms with Crippen LogP contribution in [0.5, 0.6) is 0 Å². The van der Waals surface area contributed by atoms with Gasteiger partial charge in [0.1, 0.15) is 0 Å². The zero-order valence-electron chi connectivity index (χ0n) is 7.46. The van der Waals surface area contributed by atoms with Gasteiger partial charge in [0.05, 0.1) is 0 Å². The summed E-state index contributed by atoms with van der Waals surface area (Å²) in [7, 11) is 8.24. The van der Waals surface area contributed by atoms with Crippen LogP contribution in [0.25, 0.3) is 0 Å². The molecule has 0 rings (SSSR count). The molecule has 0 aliphatic rings. The highest BCUT2D eigenvalue weighted by atomic mass is 15.2. The van der Waals surface area contributed by atoms with Crippen LogP contribution in [0, 0.1) is 0 Å². The molecule has 62 valence electrons. The molecular formula is C7H19N3. The summed E-state index contributed by atoms with van der Waals surface area (Å²) >= 11 is 0. The Morgan fingerprint density at radius 3 is 1.80 bits per heavy atom. The molecule has 2 N–H and O–H groups in total. The van der Waals surface area contributed by atoms with Gasteiger partial charge in [-0.15, -0.1) is 0 Å². The molecule has 0 amide bonds. The second-order valence-corrected chi connectivity index (χ2v) is 3.12. The average molecular weight is 145 g/mol. The van der Waals surface area contributed by atoms with E-state index in [4.69, 9.17) is 5.73 Å². The van der Waals surface area contributed by atoms with E-state index in [1.54, 1.807) is 0 Å². The summed E-state index contributed by atoms with van der Waals surface area (Å²) in [5.74, 6) is 0. The molecule has 0 fully saturated rings. The number of rotatable bonds is 4. The van der Waals surface area contributed by atoms with Crippen LogP contribution < -0.4 is 5.73 Å². The fourth-order valence-electron chi connectivity index (χ4n) is 0.870. The smallest absolute Gasteiger partial charge is 0.0339 e. The van der Waals surface area contributed by atoms with Crippen LogP contribution >= 0.6 is 0 Å². The van der Waals surface area contributed by atoms with E-state index in [0.717, 1.165) is 13.1 Å². The van der Waals surface area contributed by atoms with Crippen LogP contribution in [0.3, 0.4) is 0 Å². The van der Waals surface area contributed by atoms with Gasteiger partial charge < -0.3 is 15.5 Å². The third-order valence-electron chi connectivity index (χ3n) is 1.58. The molecule has 0 aliphatic carbocycles. The Hall–Kier alpha value is -0.120. The number of hydrogen-bond donors (Lipinski definition) is 1. The van der Waals surface area contributed by atoms with Gasteiger partial charge in [0, 0.05) is 19.1 Å². The van der Waals surface area contributed by atoms with Crippen molar-refractivity contribution in [1.82, 2.24) is 9.80 Å². The molecule has 0 aromatic rings. The lowest BCUT2D eigenvalue weighted by molar-refractivity contribution is 0.234. The van der Waals surface area contributed by atoms with E-state index in [1.807, 2.05) is 0 Å². The van der Waals surface area contributed by atoms with Gasteiger partial charge in [-0.2, -0.15) is 0 Å². The minimum absolute atomic E-state index is 0.481. The van der Waals surface area contributed by atoms with Crippen molar-refractivity contribution < 1.29 is 0 Å². The van der Waals surface area contributed by atoms with Gasteiger partial charge in [-0.3, -0.25) is 0 Å². The molecule has 3 heteroatoms. The molecule has 0 saturated carbocycles. The second kappa shape index (κ2) is 4.66. The molecule has 1 unspecified atom stereocenters. The molecule has 3 nitrogen and oxygen atoms in total. The van der Waals surface area contributed by atoms with Gasteiger partial charge in [0.2, 0.25) is 0 Å². The zero-order valence-corrected chi connectivity index (χ0v) is 7.46. The topological polar surface area (TPSA) is 32.5 Å². The first-order valence-electron chi connectivity index (χ1n) is 3.59. The quantitative estimate of drug-likeness (QED) is 0.575. The minimum Gasteiger partial charge on any atom is -0.329 e. The SMILES string of the molecule is CN(C)CC(CN)N(C)C. The van der Waals surface area contributed by atoms with Crippen LogP contribution in [-0.4, -0.2) is 57.1 Å². The largest absolute Gasteiger partial charge is 0.329 e. The van der Waals surface area contributed by atoms with E-state index in [-0.39, 0.29) is 0 Å². The third kappa shape index (κ3) is 3.82. The lowest BCUT2D eigenvalue weighted by Crippen LogP contribution is -2.42. The Bertz CT molecular complexity index is 80.9. The molecule has 0 radical (unpaired) electrons. The molecule has 0 aromatic heterocycles. The molecule has 0 saturated heterocycles. The van der Waals surface area contributed by atoms with E-state index >= 15 is 0 Å². The average Bonchev–Trinajstić information content (AvgIpc) is 1.81. The van der Waals surface area contributed by atoms with Crippen molar-refractivity contribution in [2.45, 2.75) is 6.04 Å². The molecule has 0 bridgehead atoms. The summed E-state index contributed by atoms with van der Waals surface area (Å²) in [6.45, 7) is 1.76. The van der Waals surface area contributed by atoms with Gasteiger partial charge in [0.25, 0.3) is 0 Å². The Labute approximate surface area is 63.8 Å². The summed E-state index contributed by atoms with van der Waals surface area (Å²) in [6, 6.07) is 0.481. The van der Waals surface area contributed by atoms with Crippen molar-refractivity contribution in [3.63, 3.8) is 0 Å². The minimum atomic E-state index is 0.481. The molecule has 0 aromatic carbocycles. The first kappa shape index (κ1) is 9.88. The fourth-order valence-corrected chi connectivity index (χ4v) is 0.870. The van der Waals surface area contributed by atoms with Crippen molar-refractivity contribution in [2.75, 3.05) is 41.3 Å². The Morgan fingerprint density at radius 2 is 1.70 bits per heavy atom. The van der Waals surface area contributed by atoms with Gasteiger partial charge in [-0.05, 0) is 28.2 Å². The van der Waals surface area contributed by atoms with E-state index < -0.39 is 0 Å². The summed E-state index contributed by atoms with van der Waals surface area (Å²) in [5.41, 5.74) is 5.55. The molecule has 0 aliphatic heterocycles. The number of hydrogen-bond acceptors (Lipinski definition) is 3. The lowest BCUT2D eigenvalue weighted by atomic mass is 10.2. The standard InChI is InChI=1S/C7H19N3/c1-9(2)6-7(5-8)10(3)4/h7H,5-6,8H2,1-4H3. The maximum atomic E-state index is 5.55. The number of nitrogens with two attached hydrogens (primary N) is 1. The number of likely N-dealkylation sites (N-methyl/N-ethyl adjacent to an activating group) is 2. The summed E-state index contributed by atoms with van der Waals surface area (Å²) in [4.78, 5) is 4.30. The highest BCUT2D eigenvalue weighted by Gasteiger charge is 2.08. The summed E-state index contributed by atoms with van der Waals surface area (Å²) in [6.07, 6.45) is 0. The van der Waals surface area contributed by atoms with E-state index in [2.05, 4.69) is 38.0 Å². The first-order chi connectivity index (χ1) is 4.57. The van der Waals surface area contributed by atoms with Crippen LogP contribution in [0.15, 0.2) is 0 Å². The predicted octanol–water partition coefficient (Wildman–Crippen LogP) is -0.563. The van der Waals surface area contributed by atoms with Crippen molar-refractivity contribution in [2.24, 2.45) is 5.73 Å². The normalized spacial score (nSPS) is 14.7. The molecule has 0 heterocycles. The van der Waals surface area contributed by atoms with Crippen molar-refractivity contribution in [1.29, 1.82) is 0 Å². The summed E-state index contributed by atoms with van der Waals surface area (Å²) in [5, 5.41) is 0. The highest BCUT2D eigenvalue weighted by Crippen LogP contribution is 1.91.